The number of ether oxygens (including phenoxy) is 2. The van der Waals surface area contributed by atoms with Crippen LogP contribution in [0, 0.1) is 0 Å². The fourth-order valence-corrected chi connectivity index (χ4v) is 1.40. The highest BCUT2D eigenvalue weighted by molar-refractivity contribution is 5.78. The van der Waals surface area contributed by atoms with Gasteiger partial charge in [0.25, 0.3) is 5.88 Å². The Labute approximate surface area is 81.6 Å². The van der Waals surface area contributed by atoms with Crippen LogP contribution in [0.3, 0.4) is 0 Å². The third-order valence-electron chi connectivity index (χ3n) is 2.02. The zero-order chi connectivity index (χ0) is 10.1. The lowest BCUT2D eigenvalue weighted by Crippen LogP contribution is -2.17. The molecule has 14 heavy (non-hydrogen) atoms. The van der Waals surface area contributed by atoms with Crippen LogP contribution in [0.4, 0.5) is 0 Å². The summed E-state index contributed by atoms with van der Waals surface area (Å²) in [4.78, 5) is 10.7. The summed E-state index contributed by atoms with van der Waals surface area (Å²) in [6, 6.07) is 0.152. The SMILES string of the molecule is CC(C)n1nc(C=O)c2c1OCCO2. The molecule has 0 N–H and O–H groups in total. The molecule has 0 radical (unpaired) electrons. The van der Waals surface area contributed by atoms with E-state index < -0.39 is 0 Å². The summed E-state index contributed by atoms with van der Waals surface area (Å²) in [5, 5.41) is 4.11. The molecule has 1 aromatic rings. The third-order valence-corrected chi connectivity index (χ3v) is 2.02. The van der Waals surface area contributed by atoms with Gasteiger partial charge in [0, 0.05) is 0 Å². The van der Waals surface area contributed by atoms with Crippen molar-refractivity contribution in [1.82, 2.24) is 9.78 Å². The summed E-state index contributed by atoms with van der Waals surface area (Å²) in [5.74, 6) is 1.04. The van der Waals surface area contributed by atoms with Gasteiger partial charge >= 0.3 is 0 Å². The minimum Gasteiger partial charge on any atom is -0.483 e. The molecule has 0 aromatic carbocycles. The first-order chi connectivity index (χ1) is 6.74. The van der Waals surface area contributed by atoms with Crippen LogP contribution < -0.4 is 9.47 Å². The van der Waals surface area contributed by atoms with E-state index in [2.05, 4.69) is 5.10 Å². The fourth-order valence-electron chi connectivity index (χ4n) is 1.40. The Balaban J connectivity index is 2.52. The molecule has 0 amide bonds. The lowest BCUT2D eigenvalue weighted by molar-refractivity contribution is 0.111. The van der Waals surface area contributed by atoms with Crippen LogP contribution in [0.5, 0.6) is 11.6 Å². The van der Waals surface area contributed by atoms with E-state index in [9.17, 15) is 4.79 Å². The van der Waals surface area contributed by atoms with E-state index >= 15 is 0 Å². The number of rotatable bonds is 2. The summed E-state index contributed by atoms with van der Waals surface area (Å²) in [6.07, 6.45) is 0.687. The predicted octanol–water partition coefficient (Wildman–Crippen LogP) is 1.05. The maximum Gasteiger partial charge on any atom is 0.256 e. The molecule has 2 rings (SSSR count). The van der Waals surface area contributed by atoms with Crippen molar-refractivity contribution in [2.45, 2.75) is 19.9 Å². The van der Waals surface area contributed by atoms with Gasteiger partial charge in [0.2, 0.25) is 5.75 Å². The summed E-state index contributed by atoms with van der Waals surface area (Å²) >= 11 is 0. The van der Waals surface area contributed by atoms with Crippen molar-refractivity contribution in [1.29, 1.82) is 0 Å². The highest BCUT2D eigenvalue weighted by atomic mass is 16.6. The Hall–Kier alpha value is -1.52. The van der Waals surface area contributed by atoms with E-state index in [1.165, 1.54) is 0 Å². The predicted molar refractivity (Wildman–Crippen MR) is 49.0 cm³/mol. The first-order valence-electron chi connectivity index (χ1n) is 4.57. The number of nitrogens with zero attached hydrogens (tertiary/aromatic N) is 2. The number of aromatic nitrogens is 2. The number of hydrogen-bond donors (Lipinski definition) is 0. The molecule has 1 aromatic heterocycles. The van der Waals surface area contributed by atoms with Crippen LogP contribution in [-0.2, 0) is 0 Å². The molecule has 1 aliphatic rings. The van der Waals surface area contributed by atoms with Crippen LogP contribution in [0.25, 0.3) is 0 Å². The molecule has 0 spiro atoms. The molecule has 5 nitrogen and oxygen atoms in total. The third kappa shape index (κ3) is 1.25. The summed E-state index contributed by atoms with van der Waals surface area (Å²) in [5.41, 5.74) is 0.313. The molecule has 0 unspecified atom stereocenters. The zero-order valence-corrected chi connectivity index (χ0v) is 8.19. The molecule has 5 heteroatoms. The van der Waals surface area contributed by atoms with Gasteiger partial charge in [-0.05, 0) is 13.8 Å². The lowest BCUT2D eigenvalue weighted by atomic mass is 10.4. The molecule has 76 valence electrons. The standard InChI is InChI=1S/C9H12N2O3/c1-6(2)11-9-8(7(5-12)10-11)13-3-4-14-9/h5-6H,3-4H2,1-2H3. The lowest BCUT2D eigenvalue weighted by Gasteiger charge is -2.17. The Bertz CT molecular complexity index is 357. The van der Waals surface area contributed by atoms with Crippen molar-refractivity contribution >= 4 is 6.29 Å². The first-order valence-corrected chi connectivity index (χ1v) is 4.57. The summed E-state index contributed by atoms with van der Waals surface area (Å²) in [6.45, 7) is 4.92. The topological polar surface area (TPSA) is 53.4 Å². The van der Waals surface area contributed by atoms with E-state index in [1.807, 2.05) is 13.8 Å². The summed E-state index contributed by atoms with van der Waals surface area (Å²) in [7, 11) is 0. The van der Waals surface area contributed by atoms with Crippen molar-refractivity contribution in [2.75, 3.05) is 13.2 Å². The van der Waals surface area contributed by atoms with Gasteiger partial charge in [-0.2, -0.15) is 5.10 Å². The smallest absolute Gasteiger partial charge is 0.256 e. The van der Waals surface area contributed by atoms with Gasteiger partial charge in [-0.3, -0.25) is 4.79 Å². The van der Waals surface area contributed by atoms with Crippen molar-refractivity contribution in [2.24, 2.45) is 0 Å². The quantitative estimate of drug-likeness (QED) is 0.663. The maximum absolute atomic E-state index is 10.7. The molecule has 0 fully saturated rings. The number of carbonyl (C=O) groups is 1. The van der Waals surface area contributed by atoms with E-state index in [-0.39, 0.29) is 6.04 Å². The Morgan fingerprint density at radius 2 is 2.14 bits per heavy atom. The molecule has 0 saturated carbocycles. The van der Waals surface area contributed by atoms with Crippen LogP contribution >= 0.6 is 0 Å². The monoisotopic (exact) mass is 196 g/mol. The second kappa shape index (κ2) is 3.32. The fraction of sp³-hybridized carbons (Fsp3) is 0.556. The van der Waals surface area contributed by atoms with E-state index in [4.69, 9.17) is 9.47 Å². The van der Waals surface area contributed by atoms with Crippen molar-refractivity contribution < 1.29 is 14.3 Å². The Kier molecular flexibility index (Phi) is 2.15. The minimum absolute atomic E-state index is 0.152. The molecular formula is C9H12N2O3. The number of hydrogen-bond acceptors (Lipinski definition) is 4. The summed E-state index contributed by atoms with van der Waals surface area (Å²) < 4.78 is 12.4. The van der Waals surface area contributed by atoms with Crippen molar-refractivity contribution in [3.05, 3.63) is 5.69 Å². The van der Waals surface area contributed by atoms with Gasteiger partial charge in [0.1, 0.15) is 13.2 Å². The van der Waals surface area contributed by atoms with Gasteiger partial charge in [0.15, 0.2) is 12.0 Å². The largest absolute Gasteiger partial charge is 0.483 e. The molecule has 0 atom stereocenters. The maximum atomic E-state index is 10.7. The van der Waals surface area contributed by atoms with E-state index in [0.717, 1.165) is 0 Å². The van der Waals surface area contributed by atoms with Gasteiger partial charge < -0.3 is 9.47 Å². The molecule has 0 bridgehead atoms. The highest BCUT2D eigenvalue weighted by Crippen LogP contribution is 2.34. The highest BCUT2D eigenvalue weighted by Gasteiger charge is 2.24. The van der Waals surface area contributed by atoms with Crippen LogP contribution in [0.2, 0.25) is 0 Å². The average Bonchev–Trinajstić information content (AvgIpc) is 2.56. The first kappa shape index (κ1) is 9.05. The number of aldehydes is 1. The normalized spacial score (nSPS) is 14.5. The average molecular weight is 196 g/mol. The minimum atomic E-state index is 0.152. The molecule has 1 aliphatic heterocycles. The van der Waals surface area contributed by atoms with Crippen molar-refractivity contribution in [3.63, 3.8) is 0 Å². The molecular weight excluding hydrogens is 184 g/mol. The van der Waals surface area contributed by atoms with Crippen LogP contribution in [-0.4, -0.2) is 29.3 Å². The number of carbonyl (C=O) groups excluding carboxylic acids is 1. The van der Waals surface area contributed by atoms with E-state index in [1.54, 1.807) is 4.68 Å². The second-order valence-electron chi connectivity index (χ2n) is 3.37. The van der Waals surface area contributed by atoms with Crippen molar-refractivity contribution in [3.8, 4) is 11.6 Å². The molecule has 2 heterocycles. The number of fused-ring (bicyclic) bond motifs is 1. The second-order valence-corrected chi connectivity index (χ2v) is 3.37. The molecule has 0 aliphatic carbocycles. The molecule has 0 saturated heterocycles. The van der Waals surface area contributed by atoms with Crippen LogP contribution in [0.15, 0.2) is 0 Å². The van der Waals surface area contributed by atoms with Gasteiger partial charge in [0.05, 0.1) is 6.04 Å². The van der Waals surface area contributed by atoms with Crippen LogP contribution in [0.1, 0.15) is 30.4 Å². The van der Waals surface area contributed by atoms with E-state index in [0.29, 0.717) is 36.8 Å². The van der Waals surface area contributed by atoms with Gasteiger partial charge in [-0.1, -0.05) is 0 Å². The van der Waals surface area contributed by atoms with Gasteiger partial charge in [-0.15, -0.1) is 0 Å². The Morgan fingerprint density at radius 1 is 1.43 bits per heavy atom. The Morgan fingerprint density at radius 3 is 2.79 bits per heavy atom. The zero-order valence-electron chi connectivity index (χ0n) is 8.19. The van der Waals surface area contributed by atoms with Gasteiger partial charge in [-0.25, -0.2) is 4.68 Å².